The van der Waals surface area contributed by atoms with Crippen LogP contribution in [0.5, 0.6) is 0 Å². The molecule has 0 aliphatic heterocycles. The molecule has 0 aromatic rings. The van der Waals surface area contributed by atoms with E-state index in [1.165, 1.54) is 19.3 Å². The molecule has 0 saturated heterocycles. The number of rotatable bonds is 5. The Hall–Kier alpha value is 0. The van der Waals surface area contributed by atoms with Crippen LogP contribution in [0.15, 0.2) is 0 Å². The summed E-state index contributed by atoms with van der Waals surface area (Å²) in [5, 5.41) is 0. The predicted octanol–water partition coefficient (Wildman–Crippen LogP) is 6.79. The Bertz CT molecular complexity index is 115. The van der Waals surface area contributed by atoms with Gasteiger partial charge in [0.25, 0.3) is 0 Å². The van der Waals surface area contributed by atoms with Gasteiger partial charge in [0.15, 0.2) is 0 Å². The minimum atomic E-state index is 0.837. The molecule has 0 N–H and O–H groups in total. The molecule has 17 heavy (non-hydrogen) atoms. The standard InChI is InChI=1S/C12H26.C3H8.C2H6/c1-7-10(5)12(8-2)11(6)9(3)4;1-3-2;1-2/h9-12H,7-8H2,1-6H3;3H2,1-2H3;1-2H3. The van der Waals surface area contributed by atoms with Gasteiger partial charge in [0.05, 0.1) is 0 Å². The summed E-state index contributed by atoms with van der Waals surface area (Å²) in [5.41, 5.74) is 0. The molecule has 3 atom stereocenters. The maximum absolute atomic E-state index is 2.41. The summed E-state index contributed by atoms with van der Waals surface area (Å²) in [6, 6.07) is 0. The molecular formula is C17H40. The van der Waals surface area contributed by atoms with E-state index in [0.717, 1.165) is 23.7 Å². The third kappa shape index (κ3) is 12.2. The second-order valence-corrected chi connectivity index (χ2v) is 5.27. The second-order valence-electron chi connectivity index (χ2n) is 5.27. The van der Waals surface area contributed by atoms with Crippen LogP contribution < -0.4 is 0 Å². The fourth-order valence-corrected chi connectivity index (χ4v) is 2.09. The van der Waals surface area contributed by atoms with Crippen LogP contribution in [0.4, 0.5) is 0 Å². The molecule has 0 aromatic carbocycles. The third-order valence-electron chi connectivity index (χ3n) is 3.57. The molecule has 0 nitrogen and oxygen atoms in total. The van der Waals surface area contributed by atoms with Crippen molar-refractivity contribution in [3.8, 4) is 0 Å². The Morgan fingerprint density at radius 2 is 1.06 bits per heavy atom. The van der Waals surface area contributed by atoms with Gasteiger partial charge < -0.3 is 0 Å². The maximum Gasteiger partial charge on any atom is -0.0363 e. The fourth-order valence-electron chi connectivity index (χ4n) is 2.09. The smallest absolute Gasteiger partial charge is 0.0363 e. The van der Waals surface area contributed by atoms with Gasteiger partial charge in [0, 0.05) is 0 Å². The molecule has 108 valence electrons. The van der Waals surface area contributed by atoms with Crippen molar-refractivity contribution < 1.29 is 0 Å². The van der Waals surface area contributed by atoms with E-state index in [1.807, 2.05) is 13.8 Å². The minimum absolute atomic E-state index is 0.837. The van der Waals surface area contributed by atoms with Crippen LogP contribution in [-0.2, 0) is 0 Å². The Kier molecular flexibility index (Phi) is 20.9. The van der Waals surface area contributed by atoms with E-state index >= 15 is 0 Å². The van der Waals surface area contributed by atoms with Gasteiger partial charge in [-0.15, -0.1) is 0 Å². The Balaban J connectivity index is -0.000000337. The third-order valence-corrected chi connectivity index (χ3v) is 3.57. The van der Waals surface area contributed by atoms with Gasteiger partial charge >= 0.3 is 0 Å². The van der Waals surface area contributed by atoms with Crippen LogP contribution in [-0.4, -0.2) is 0 Å². The number of hydrogen-bond donors (Lipinski definition) is 0. The summed E-state index contributed by atoms with van der Waals surface area (Å²) in [7, 11) is 0. The zero-order valence-electron chi connectivity index (χ0n) is 14.4. The summed E-state index contributed by atoms with van der Waals surface area (Å²) < 4.78 is 0. The summed E-state index contributed by atoms with van der Waals surface area (Å²) in [4.78, 5) is 0. The van der Waals surface area contributed by atoms with Crippen molar-refractivity contribution in [3.05, 3.63) is 0 Å². The average molecular weight is 245 g/mol. The normalized spacial score (nSPS) is 15.0. The molecule has 3 unspecified atom stereocenters. The minimum Gasteiger partial charge on any atom is -0.0683 e. The molecule has 0 rings (SSSR count). The highest BCUT2D eigenvalue weighted by atomic mass is 14.3. The van der Waals surface area contributed by atoms with E-state index in [4.69, 9.17) is 0 Å². The summed E-state index contributed by atoms with van der Waals surface area (Å²) >= 11 is 0. The maximum atomic E-state index is 2.41. The van der Waals surface area contributed by atoms with Crippen molar-refractivity contribution in [2.75, 3.05) is 0 Å². The molecule has 0 aromatic heterocycles. The van der Waals surface area contributed by atoms with Crippen LogP contribution in [0.1, 0.15) is 88.5 Å². The van der Waals surface area contributed by atoms with Crippen LogP contribution in [0.2, 0.25) is 0 Å². The SMILES string of the molecule is CC.CCC.CCC(C)C(CC)C(C)C(C)C. The lowest BCUT2D eigenvalue weighted by molar-refractivity contribution is 0.193. The first-order chi connectivity index (χ1) is 7.95. The first kappa shape index (κ1) is 22.2. The van der Waals surface area contributed by atoms with Crippen molar-refractivity contribution in [2.45, 2.75) is 88.5 Å². The van der Waals surface area contributed by atoms with Crippen molar-refractivity contribution in [2.24, 2.45) is 23.7 Å². The van der Waals surface area contributed by atoms with Gasteiger partial charge in [-0.2, -0.15) is 0 Å². The van der Waals surface area contributed by atoms with E-state index in [1.54, 1.807) is 0 Å². The molecule has 0 fully saturated rings. The molecule has 0 heteroatoms. The molecule has 0 aliphatic rings. The highest BCUT2D eigenvalue weighted by Crippen LogP contribution is 2.31. The predicted molar refractivity (Wildman–Crippen MR) is 84.6 cm³/mol. The lowest BCUT2D eigenvalue weighted by Gasteiger charge is -2.30. The van der Waals surface area contributed by atoms with E-state index in [2.05, 4.69) is 55.4 Å². The van der Waals surface area contributed by atoms with Crippen LogP contribution >= 0.6 is 0 Å². The first-order valence-electron chi connectivity index (χ1n) is 7.95. The Labute approximate surface area is 113 Å². The van der Waals surface area contributed by atoms with Crippen molar-refractivity contribution >= 4 is 0 Å². The molecule has 0 saturated carbocycles. The number of hydrogen-bond acceptors (Lipinski definition) is 0. The lowest BCUT2D eigenvalue weighted by atomic mass is 9.75. The van der Waals surface area contributed by atoms with Crippen molar-refractivity contribution in [1.29, 1.82) is 0 Å². The highest BCUT2D eigenvalue weighted by Gasteiger charge is 2.22. The summed E-state index contributed by atoms with van der Waals surface area (Å²) in [6.45, 7) is 22.4. The molecule has 0 heterocycles. The van der Waals surface area contributed by atoms with Gasteiger partial charge in [0.2, 0.25) is 0 Å². The topological polar surface area (TPSA) is 0 Å². The monoisotopic (exact) mass is 244 g/mol. The zero-order valence-corrected chi connectivity index (χ0v) is 14.4. The van der Waals surface area contributed by atoms with Crippen molar-refractivity contribution in [3.63, 3.8) is 0 Å². The zero-order chi connectivity index (χ0) is 14.4. The molecule has 0 aliphatic carbocycles. The molecular weight excluding hydrogens is 204 g/mol. The first-order valence-corrected chi connectivity index (χ1v) is 7.95. The largest absolute Gasteiger partial charge is 0.0683 e. The molecule has 0 spiro atoms. The van der Waals surface area contributed by atoms with Crippen LogP contribution in [0, 0.1) is 23.7 Å². The van der Waals surface area contributed by atoms with Gasteiger partial charge in [-0.05, 0) is 23.7 Å². The summed E-state index contributed by atoms with van der Waals surface area (Å²) in [6.07, 6.45) is 3.92. The molecule has 0 radical (unpaired) electrons. The van der Waals surface area contributed by atoms with Gasteiger partial charge in [0.1, 0.15) is 0 Å². The van der Waals surface area contributed by atoms with Crippen LogP contribution in [0.25, 0.3) is 0 Å². The average Bonchev–Trinajstić information content (AvgIpc) is 2.33. The van der Waals surface area contributed by atoms with Gasteiger partial charge in [-0.25, -0.2) is 0 Å². The summed E-state index contributed by atoms with van der Waals surface area (Å²) in [5.74, 6) is 3.54. The second kappa shape index (κ2) is 16.0. The fraction of sp³-hybridized carbons (Fsp3) is 1.00. The van der Waals surface area contributed by atoms with E-state index in [-0.39, 0.29) is 0 Å². The van der Waals surface area contributed by atoms with Gasteiger partial charge in [-0.1, -0.05) is 88.5 Å². The van der Waals surface area contributed by atoms with E-state index in [0.29, 0.717) is 0 Å². The Morgan fingerprint density at radius 1 is 0.706 bits per heavy atom. The van der Waals surface area contributed by atoms with E-state index in [9.17, 15) is 0 Å². The highest BCUT2D eigenvalue weighted by molar-refractivity contribution is 4.72. The van der Waals surface area contributed by atoms with Gasteiger partial charge in [-0.3, -0.25) is 0 Å². The van der Waals surface area contributed by atoms with Crippen molar-refractivity contribution in [1.82, 2.24) is 0 Å². The Morgan fingerprint density at radius 3 is 1.24 bits per heavy atom. The lowest BCUT2D eigenvalue weighted by Crippen LogP contribution is -2.22. The quantitative estimate of drug-likeness (QED) is 0.499. The van der Waals surface area contributed by atoms with Crippen LogP contribution in [0.3, 0.4) is 0 Å². The van der Waals surface area contributed by atoms with E-state index < -0.39 is 0 Å². The molecule has 0 amide bonds. The molecule has 0 bridgehead atoms.